The summed E-state index contributed by atoms with van der Waals surface area (Å²) in [6.07, 6.45) is 1.69. The van der Waals surface area contributed by atoms with E-state index in [1.165, 1.54) is 14.2 Å². The first-order valence-corrected chi connectivity index (χ1v) is 6.74. The van der Waals surface area contributed by atoms with Crippen molar-refractivity contribution < 1.29 is 0 Å². The lowest BCUT2D eigenvalue weighted by Crippen LogP contribution is -1.97. The number of aryl methyl sites for hydroxylation is 1. The Morgan fingerprint density at radius 3 is 2.94 bits per heavy atom. The Hall–Kier alpha value is -0.580. The molecule has 2 aromatic heterocycles. The second-order valence-electron chi connectivity index (χ2n) is 3.34. The predicted octanol–water partition coefficient (Wildman–Crippen LogP) is 4.48. The SMILES string of the molecule is Cc1sc(CNc2ccnc(Cl)c2)cc1Br. The molecule has 0 spiro atoms. The number of hydrogen-bond acceptors (Lipinski definition) is 3. The fourth-order valence-electron chi connectivity index (χ4n) is 1.31. The molecule has 2 rings (SSSR count). The van der Waals surface area contributed by atoms with Crippen molar-refractivity contribution >= 4 is 44.6 Å². The van der Waals surface area contributed by atoms with Crippen LogP contribution in [0.4, 0.5) is 5.69 Å². The Morgan fingerprint density at radius 2 is 2.31 bits per heavy atom. The average Bonchev–Trinajstić information content (AvgIpc) is 2.56. The summed E-state index contributed by atoms with van der Waals surface area (Å²) < 4.78 is 1.17. The summed E-state index contributed by atoms with van der Waals surface area (Å²) in [6, 6.07) is 5.86. The van der Waals surface area contributed by atoms with Crippen molar-refractivity contribution in [1.82, 2.24) is 4.98 Å². The first kappa shape index (κ1) is 11.9. The largest absolute Gasteiger partial charge is 0.380 e. The molecule has 5 heteroatoms. The van der Waals surface area contributed by atoms with Crippen molar-refractivity contribution in [2.24, 2.45) is 0 Å². The van der Waals surface area contributed by atoms with Gasteiger partial charge in [0.1, 0.15) is 5.15 Å². The minimum absolute atomic E-state index is 0.508. The van der Waals surface area contributed by atoms with E-state index >= 15 is 0 Å². The van der Waals surface area contributed by atoms with Gasteiger partial charge in [0.05, 0.1) is 0 Å². The fourth-order valence-corrected chi connectivity index (χ4v) is 3.02. The van der Waals surface area contributed by atoms with Crippen LogP contribution in [-0.4, -0.2) is 4.98 Å². The van der Waals surface area contributed by atoms with Crippen LogP contribution in [0.5, 0.6) is 0 Å². The molecule has 0 aromatic carbocycles. The third-order valence-electron chi connectivity index (χ3n) is 2.10. The van der Waals surface area contributed by atoms with E-state index in [2.05, 4.69) is 39.2 Å². The molecule has 2 nitrogen and oxygen atoms in total. The molecular weight excluding hydrogens is 308 g/mol. The molecule has 0 saturated heterocycles. The number of anilines is 1. The van der Waals surface area contributed by atoms with E-state index in [4.69, 9.17) is 11.6 Å². The van der Waals surface area contributed by atoms with E-state index in [9.17, 15) is 0 Å². The standard InChI is InChI=1S/C11H10BrClN2S/c1-7-10(12)5-9(16-7)6-15-8-2-3-14-11(13)4-8/h2-5H,6H2,1H3,(H,14,15). The summed E-state index contributed by atoms with van der Waals surface area (Å²) in [5.74, 6) is 0. The second kappa shape index (κ2) is 5.17. The van der Waals surface area contributed by atoms with Gasteiger partial charge in [-0.25, -0.2) is 4.98 Å². The maximum Gasteiger partial charge on any atom is 0.131 e. The average molecular weight is 318 g/mol. The van der Waals surface area contributed by atoms with Gasteiger partial charge < -0.3 is 5.32 Å². The number of nitrogens with one attached hydrogen (secondary N) is 1. The van der Waals surface area contributed by atoms with Gasteiger partial charge in [-0.3, -0.25) is 0 Å². The Balaban J connectivity index is 2.02. The van der Waals surface area contributed by atoms with Gasteiger partial charge in [0, 0.05) is 32.7 Å². The van der Waals surface area contributed by atoms with Gasteiger partial charge in [0.15, 0.2) is 0 Å². The van der Waals surface area contributed by atoms with E-state index < -0.39 is 0 Å². The molecule has 1 N–H and O–H groups in total. The van der Waals surface area contributed by atoms with E-state index in [0.29, 0.717) is 5.15 Å². The molecule has 84 valence electrons. The Bertz CT molecular complexity index is 479. The molecule has 0 aliphatic carbocycles. The van der Waals surface area contributed by atoms with Crippen molar-refractivity contribution in [2.45, 2.75) is 13.5 Å². The van der Waals surface area contributed by atoms with Crippen LogP contribution >= 0.6 is 38.9 Å². The molecule has 0 bridgehead atoms. The molecule has 0 unspecified atom stereocenters. The number of halogens is 2. The lowest BCUT2D eigenvalue weighted by molar-refractivity contribution is 1.18. The van der Waals surface area contributed by atoms with E-state index in [-0.39, 0.29) is 0 Å². The topological polar surface area (TPSA) is 24.9 Å². The summed E-state index contributed by atoms with van der Waals surface area (Å²) in [4.78, 5) is 6.52. The summed E-state index contributed by atoms with van der Waals surface area (Å²) in [5.41, 5.74) is 0.988. The first-order chi connectivity index (χ1) is 7.65. The Kier molecular flexibility index (Phi) is 3.84. The monoisotopic (exact) mass is 316 g/mol. The molecule has 0 radical (unpaired) electrons. The van der Waals surface area contributed by atoms with Gasteiger partial charge in [-0.05, 0) is 41.1 Å². The highest BCUT2D eigenvalue weighted by Gasteiger charge is 2.02. The van der Waals surface area contributed by atoms with Crippen LogP contribution in [0.15, 0.2) is 28.9 Å². The van der Waals surface area contributed by atoms with Gasteiger partial charge in [-0.2, -0.15) is 0 Å². The highest BCUT2D eigenvalue weighted by molar-refractivity contribution is 9.10. The highest BCUT2D eigenvalue weighted by Crippen LogP contribution is 2.27. The van der Waals surface area contributed by atoms with Crippen LogP contribution in [0.1, 0.15) is 9.75 Å². The van der Waals surface area contributed by atoms with E-state index in [1.54, 1.807) is 17.5 Å². The minimum atomic E-state index is 0.508. The Labute approximate surface area is 112 Å². The fraction of sp³-hybridized carbons (Fsp3) is 0.182. The second-order valence-corrected chi connectivity index (χ2v) is 5.92. The molecule has 0 fully saturated rings. The van der Waals surface area contributed by atoms with Crippen molar-refractivity contribution in [2.75, 3.05) is 5.32 Å². The lowest BCUT2D eigenvalue weighted by atomic mass is 10.4. The van der Waals surface area contributed by atoms with Crippen LogP contribution < -0.4 is 5.32 Å². The molecule has 0 aliphatic heterocycles. The van der Waals surface area contributed by atoms with Gasteiger partial charge in [0.25, 0.3) is 0 Å². The molecule has 0 amide bonds. The number of rotatable bonds is 3. The van der Waals surface area contributed by atoms with Crippen LogP contribution in [0, 0.1) is 6.92 Å². The number of nitrogens with zero attached hydrogens (tertiary/aromatic N) is 1. The Morgan fingerprint density at radius 1 is 1.50 bits per heavy atom. The molecule has 2 aromatic rings. The molecule has 0 atom stereocenters. The van der Waals surface area contributed by atoms with Crippen molar-refractivity contribution in [3.63, 3.8) is 0 Å². The van der Waals surface area contributed by atoms with Gasteiger partial charge >= 0.3 is 0 Å². The molecular formula is C11H10BrClN2S. The van der Waals surface area contributed by atoms with Gasteiger partial charge in [-0.15, -0.1) is 11.3 Å². The van der Waals surface area contributed by atoms with Crippen molar-refractivity contribution in [1.29, 1.82) is 0 Å². The quantitative estimate of drug-likeness (QED) is 0.844. The number of thiophene rings is 1. The number of aromatic nitrogens is 1. The summed E-state index contributed by atoms with van der Waals surface area (Å²) in [5, 5.41) is 3.82. The highest BCUT2D eigenvalue weighted by atomic mass is 79.9. The normalized spacial score (nSPS) is 10.4. The van der Waals surface area contributed by atoms with Gasteiger partial charge in [0.2, 0.25) is 0 Å². The van der Waals surface area contributed by atoms with Crippen LogP contribution in [0.25, 0.3) is 0 Å². The molecule has 16 heavy (non-hydrogen) atoms. The molecule has 2 heterocycles. The van der Waals surface area contributed by atoms with Gasteiger partial charge in [-0.1, -0.05) is 11.6 Å². The van der Waals surface area contributed by atoms with Crippen molar-refractivity contribution in [3.05, 3.63) is 43.8 Å². The third-order valence-corrected chi connectivity index (χ3v) is 4.44. The van der Waals surface area contributed by atoms with Crippen LogP contribution in [-0.2, 0) is 6.54 Å². The smallest absolute Gasteiger partial charge is 0.131 e. The third kappa shape index (κ3) is 2.97. The maximum atomic E-state index is 5.80. The summed E-state index contributed by atoms with van der Waals surface area (Å²) >= 11 is 11.1. The summed E-state index contributed by atoms with van der Waals surface area (Å²) in [6.45, 7) is 2.90. The summed E-state index contributed by atoms with van der Waals surface area (Å²) in [7, 11) is 0. The molecule has 0 aliphatic rings. The zero-order valence-electron chi connectivity index (χ0n) is 8.63. The number of hydrogen-bond donors (Lipinski definition) is 1. The van der Waals surface area contributed by atoms with Crippen LogP contribution in [0.3, 0.4) is 0 Å². The predicted molar refractivity (Wildman–Crippen MR) is 73.3 cm³/mol. The number of pyridine rings is 1. The minimum Gasteiger partial charge on any atom is -0.380 e. The maximum absolute atomic E-state index is 5.80. The zero-order valence-corrected chi connectivity index (χ0v) is 11.8. The first-order valence-electron chi connectivity index (χ1n) is 4.75. The lowest BCUT2D eigenvalue weighted by Gasteiger charge is -2.04. The van der Waals surface area contributed by atoms with Crippen LogP contribution in [0.2, 0.25) is 5.15 Å². The van der Waals surface area contributed by atoms with Crippen molar-refractivity contribution in [3.8, 4) is 0 Å². The van der Waals surface area contributed by atoms with E-state index in [1.807, 2.05) is 12.1 Å². The molecule has 0 saturated carbocycles. The zero-order chi connectivity index (χ0) is 11.5. The van der Waals surface area contributed by atoms with E-state index in [0.717, 1.165) is 12.2 Å².